The molecule has 0 aliphatic carbocycles. The molecule has 0 spiro atoms. The fraction of sp³-hybridized carbons (Fsp3) is 0.857. The van der Waals surface area contributed by atoms with E-state index < -0.39 is 17.7 Å². The van der Waals surface area contributed by atoms with Crippen LogP contribution in [0, 0.1) is 0 Å². The molecule has 0 rings (SSSR count). The highest BCUT2D eigenvalue weighted by Gasteiger charge is 2.26. The smallest absolute Gasteiger partial charge is 0.332 e. The summed E-state index contributed by atoms with van der Waals surface area (Å²) in [6.45, 7) is 2.64. The minimum Gasteiger partial charge on any atom is -0.479 e. The predicted molar refractivity (Wildman–Crippen MR) is 38.2 cm³/mol. The maximum absolute atomic E-state index is 12.8. The summed E-state index contributed by atoms with van der Waals surface area (Å²) in [5.41, 5.74) is -1.50. The molecule has 3 nitrogen and oxygen atoms in total. The summed E-state index contributed by atoms with van der Waals surface area (Å²) in [7, 11) is 1.25. The second-order valence-electron chi connectivity index (χ2n) is 2.99. The minimum atomic E-state index is -1.50. The number of rotatable bonds is 4. The Balaban J connectivity index is 3.99. The summed E-state index contributed by atoms with van der Waals surface area (Å²) in [4.78, 5) is 10.3. The van der Waals surface area contributed by atoms with Crippen molar-refractivity contribution in [2.24, 2.45) is 0 Å². The number of hydrogen-bond donors (Lipinski definition) is 1. The van der Waals surface area contributed by atoms with Crippen molar-refractivity contribution in [2.75, 3.05) is 7.11 Å². The minimum absolute atomic E-state index is 0.126. The molecule has 1 atom stereocenters. The summed E-state index contributed by atoms with van der Waals surface area (Å²) in [6.07, 6.45) is -1.17. The maximum atomic E-state index is 12.8. The van der Waals surface area contributed by atoms with E-state index in [2.05, 4.69) is 4.74 Å². The number of methoxy groups -OCH3 is 1. The lowest BCUT2D eigenvalue weighted by atomic mass is 10.0. The fourth-order valence-corrected chi connectivity index (χ4v) is 0.712. The van der Waals surface area contributed by atoms with Crippen molar-refractivity contribution in [1.29, 1.82) is 0 Å². The molecule has 0 radical (unpaired) electrons. The molecule has 0 fully saturated rings. The van der Waals surface area contributed by atoms with Crippen molar-refractivity contribution in [3.05, 3.63) is 0 Å². The molecule has 0 aliphatic heterocycles. The van der Waals surface area contributed by atoms with Crippen molar-refractivity contribution >= 4 is 5.97 Å². The SMILES string of the molecule is COC(CC(C)(C)F)C(=O)O. The summed E-state index contributed by atoms with van der Waals surface area (Å²) < 4.78 is 17.4. The third-order valence-electron chi connectivity index (χ3n) is 1.23. The van der Waals surface area contributed by atoms with Gasteiger partial charge in [-0.05, 0) is 13.8 Å². The Kier molecular flexibility index (Phi) is 3.45. The molecule has 0 bridgehead atoms. The standard InChI is InChI=1S/C7H13FO3/c1-7(2,8)4-5(11-3)6(9)10/h5H,4H2,1-3H3,(H,9,10). The highest BCUT2D eigenvalue weighted by molar-refractivity contribution is 5.72. The average Bonchev–Trinajstić information content (AvgIpc) is 1.80. The number of carboxylic acid groups (broad SMARTS) is 1. The molecule has 4 heteroatoms. The summed E-state index contributed by atoms with van der Waals surface area (Å²) in [5.74, 6) is -1.13. The van der Waals surface area contributed by atoms with E-state index in [1.165, 1.54) is 21.0 Å². The average molecular weight is 164 g/mol. The molecule has 1 unspecified atom stereocenters. The molecular formula is C7H13FO3. The number of carboxylic acids is 1. The molecular weight excluding hydrogens is 151 g/mol. The Labute approximate surface area is 65.2 Å². The highest BCUT2D eigenvalue weighted by Crippen LogP contribution is 2.17. The molecule has 0 aromatic heterocycles. The van der Waals surface area contributed by atoms with Gasteiger partial charge in [0.05, 0.1) is 0 Å². The van der Waals surface area contributed by atoms with Crippen LogP contribution in [-0.2, 0) is 9.53 Å². The maximum Gasteiger partial charge on any atom is 0.332 e. The van der Waals surface area contributed by atoms with Crippen molar-refractivity contribution in [2.45, 2.75) is 32.0 Å². The van der Waals surface area contributed by atoms with Crippen LogP contribution in [0.3, 0.4) is 0 Å². The second kappa shape index (κ2) is 3.67. The monoisotopic (exact) mass is 164 g/mol. The van der Waals surface area contributed by atoms with E-state index in [4.69, 9.17) is 5.11 Å². The number of carbonyl (C=O) groups is 1. The van der Waals surface area contributed by atoms with Gasteiger partial charge in [-0.1, -0.05) is 0 Å². The number of hydrogen-bond acceptors (Lipinski definition) is 2. The summed E-state index contributed by atoms with van der Waals surface area (Å²) >= 11 is 0. The Morgan fingerprint density at radius 2 is 2.18 bits per heavy atom. The zero-order chi connectivity index (χ0) is 9.07. The summed E-state index contributed by atoms with van der Waals surface area (Å²) in [6, 6.07) is 0. The van der Waals surface area contributed by atoms with Crippen LogP contribution >= 0.6 is 0 Å². The van der Waals surface area contributed by atoms with Crippen LogP contribution in [0.5, 0.6) is 0 Å². The first-order chi connectivity index (χ1) is 4.87. The van der Waals surface area contributed by atoms with E-state index in [9.17, 15) is 9.18 Å². The van der Waals surface area contributed by atoms with Gasteiger partial charge in [0.25, 0.3) is 0 Å². The molecule has 0 aromatic rings. The third-order valence-corrected chi connectivity index (χ3v) is 1.23. The quantitative estimate of drug-likeness (QED) is 0.679. The Bertz CT molecular complexity index is 139. The number of alkyl halides is 1. The predicted octanol–water partition coefficient (Wildman–Crippen LogP) is 1.22. The van der Waals surface area contributed by atoms with Crippen molar-refractivity contribution in [1.82, 2.24) is 0 Å². The second-order valence-corrected chi connectivity index (χ2v) is 2.99. The fourth-order valence-electron chi connectivity index (χ4n) is 0.712. The number of aliphatic carboxylic acids is 1. The molecule has 0 aromatic carbocycles. The molecule has 1 N–H and O–H groups in total. The zero-order valence-electron chi connectivity index (χ0n) is 6.93. The van der Waals surface area contributed by atoms with Crippen molar-refractivity contribution in [3.63, 3.8) is 0 Å². The van der Waals surface area contributed by atoms with Gasteiger partial charge in [0.2, 0.25) is 0 Å². The Morgan fingerprint density at radius 3 is 2.27 bits per heavy atom. The Morgan fingerprint density at radius 1 is 1.73 bits per heavy atom. The van der Waals surface area contributed by atoms with Crippen LogP contribution in [0.25, 0.3) is 0 Å². The number of ether oxygens (including phenoxy) is 1. The lowest BCUT2D eigenvalue weighted by Crippen LogP contribution is -2.30. The van der Waals surface area contributed by atoms with Crippen LogP contribution in [0.4, 0.5) is 4.39 Å². The van der Waals surface area contributed by atoms with Gasteiger partial charge in [-0.3, -0.25) is 0 Å². The molecule has 0 aliphatic rings. The summed E-state index contributed by atoms with van der Waals surface area (Å²) in [5, 5.41) is 8.44. The first-order valence-electron chi connectivity index (χ1n) is 3.31. The van der Waals surface area contributed by atoms with Gasteiger partial charge in [0.1, 0.15) is 5.67 Å². The number of halogens is 1. The molecule has 66 valence electrons. The zero-order valence-corrected chi connectivity index (χ0v) is 6.93. The van der Waals surface area contributed by atoms with E-state index >= 15 is 0 Å². The van der Waals surface area contributed by atoms with E-state index in [1.54, 1.807) is 0 Å². The first kappa shape index (κ1) is 10.4. The molecule has 0 saturated carbocycles. The van der Waals surface area contributed by atoms with Crippen LogP contribution in [-0.4, -0.2) is 30.0 Å². The van der Waals surface area contributed by atoms with Gasteiger partial charge in [-0.2, -0.15) is 0 Å². The molecule has 11 heavy (non-hydrogen) atoms. The highest BCUT2D eigenvalue weighted by atomic mass is 19.1. The van der Waals surface area contributed by atoms with Gasteiger partial charge in [-0.25, -0.2) is 9.18 Å². The van der Waals surface area contributed by atoms with Crippen LogP contribution in [0.15, 0.2) is 0 Å². The van der Waals surface area contributed by atoms with Gasteiger partial charge < -0.3 is 9.84 Å². The largest absolute Gasteiger partial charge is 0.479 e. The van der Waals surface area contributed by atoms with Gasteiger partial charge in [-0.15, -0.1) is 0 Å². The van der Waals surface area contributed by atoms with E-state index in [0.717, 1.165) is 0 Å². The lowest BCUT2D eigenvalue weighted by Gasteiger charge is -2.18. The van der Waals surface area contributed by atoms with Crippen LogP contribution < -0.4 is 0 Å². The lowest BCUT2D eigenvalue weighted by molar-refractivity contribution is -0.150. The van der Waals surface area contributed by atoms with E-state index in [1.807, 2.05) is 0 Å². The normalized spacial score (nSPS) is 14.5. The van der Waals surface area contributed by atoms with Gasteiger partial charge in [0, 0.05) is 13.5 Å². The first-order valence-corrected chi connectivity index (χ1v) is 3.31. The third kappa shape index (κ3) is 4.72. The van der Waals surface area contributed by atoms with Crippen molar-refractivity contribution in [3.8, 4) is 0 Å². The van der Waals surface area contributed by atoms with Crippen molar-refractivity contribution < 1.29 is 19.0 Å². The molecule has 0 amide bonds. The topological polar surface area (TPSA) is 46.5 Å². The van der Waals surface area contributed by atoms with Gasteiger partial charge >= 0.3 is 5.97 Å². The Hall–Kier alpha value is -0.640. The van der Waals surface area contributed by atoms with Gasteiger partial charge in [0.15, 0.2) is 6.10 Å². The van der Waals surface area contributed by atoms with E-state index in [0.29, 0.717) is 0 Å². The molecule has 0 heterocycles. The molecule has 0 saturated heterocycles. The van der Waals surface area contributed by atoms with Crippen LogP contribution in [0.1, 0.15) is 20.3 Å². The van der Waals surface area contributed by atoms with Crippen LogP contribution in [0.2, 0.25) is 0 Å². The van der Waals surface area contributed by atoms with E-state index in [-0.39, 0.29) is 6.42 Å².